The van der Waals surface area contributed by atoms with Crippen LogP contribution in [0.25, 0.3) is 15.3 Å². The monoisotopic (exact) mass is 442 g/mol. The van der Waals surface area contributed by atoms with Crippen LogP contribution in [-0.4, -0.2) is 27.8 Å². The number of nitrogens with zero attached hydrogens (tertiary/aromatic N) is 3. The molecule has 2 aromatic heterocycles. The van der Waals surface area contributed by atoms with E-state index in [4.69, 9.17) is 4.74 Å². The first-order chi connectivity index (χ1) is 13.0. The van der Waals surface area contributed by atoms with E-state index in [1.807, 2.05) is 43.3 Å². The zero-order valence-electron chi connectivity index (χ0n) is 14.6. The summed E-state index contributed by atoms with van der Waals surface area (Å²) in [7, 11) is 1.63. The molecule has 2 aromatic carbocycles. The van der Waals surface area contributed by atoms with E-state index >= 15 is 0 Å². The first-order valence-electron chi connectivity index (χ1n) is 8.12. The molecule has 0 radical (unpaired) electrons. The molecule has 0 atom stereocenters. The highest BCUT2D eigenvalue weighted by atomic mass is 79.9. The number of hydrogen-bond acceptors (Lipinski definition) is 5. The average Bonchev–Trinajstić information content (AvgIpc) is 3.23. The van der Waals surface area contributed by atoms with Crippen molar-refractivity contribution in [1.29, 1.82) is 0 Å². The normalized spacial score (nSPS) is 10.9. The number of nitrogens with one attached hydrogen (secondary N) is 1. The Labute approximate surface area is 167 Å². The second-order valence-corrected chi connectivity index (χ2v) is 7.80. The molecule has 27 heavy (non-hydrogen) atoms. The quantitative estimate of drug-likeness (QED) is 0.492. The van der Waals surface area contributed by atoms with Gasteiger partial charge in [0.25, 0.3) is 5.91 Å². The number of anilines is 1. The third kappa shape index (κ3) is 3.58. The fraction of sp³-hybridized carbons (Fsp3) is 0.105. The van der Waals surface area contributed by atoms with Crippen molar-refractivity contribution in [3.05, 3.63) is 64.3 Å². The van der Waals surface area contributed by atoms with E-state index in [0.29, 0.717) is 16.5 Å². The minimum atomic E-state index is -0.208. The summed E-state index contributed by atoms with van der Waals surface area (Å²) in [5.41, 5.74) is 2.17. The summed E-state index contributed by atoms with van der Waals surface area (Å²) in [4.78, 5) is 17.2. The standard InChI is InChI=1S/C19H15BrN4O2S/c1-11-8-17(22-18(25)12-4-3-5-13(20)9-12)24(23-11)19-21-15-10-14(26-2)6-7-16(15)27-19/h3-10H,1-2H3,(H,22,25). The van der Waals surface area contributed by atoms with E-state index in [0.717, 1.165) is 26.1 Å². The zero-order chi connectivity index (χ0) is 19.0. The molecule has 0 saturated heterocycles. The lowest BCUT2D eigenvalue weighted by Gasteiger charge is -2.06. The molecule has 0 aliphatic carbocycles. The smallest absolute Gasteiger partial charge is 0.256 e. The number of fused-ring (bicyclic) bond motifs is 1. The Morgan fingerprint density at radius 2 is 2.07 bits per heavy atom. The van der Waals surface area contributed by atoms with Crippen molar-refractivity contribution in [3.8, 4) is 10.9 Å². The van der Waals surface area contributed by atoms with Gasteiger partial charge in [-0.05, 0) is 37.3 Å². The maximum Gasteiger partial charge on any atom is 0.256 e. The number of benzene rings is 2. The van der Waals surface area contributed by atoms with Gasteiger partial charge in [0.05, 0.1) is 23.0 Å². The van der Waals surface area contributed by atoms with Gasteiger partial charge in [0.15, 0.2) is 0 Å². The summed E-state index contributed by atoms with van der Waals surface area (Å²) >= 11 is 4.88. The van der Waals surface area contributed by atoms with Crippen LogP contribution in [0.4, 0.5) is 5.82 Å². The van der Waals surface area contributed by atoms with E-state index < -0.39 is 0 Å². The van der Waals surface area contributed by atoms with Crippen LogP contribution in [0.5, 0.6) is 5.75 Å². The van der Waals surface area contributed by atoms with Crippen molar-refractivity contribution in [2.24, 2.45) is 0 Å². The van der Waals surface area contributed by atoms with Crippen LogP contribution >= 0.6 is 27.3 Å². The van der Waals surface area contributed by atoms with Crippen LogP contribution in [0.3, 0.4) is 0 Å². The summed E-state index contributed by atoms with van der Waals surface area (Å²) < 4.78 is 8.78. The van der Waals surface area contributed by atoms with Gasteiger partial charge in [0, 0.05) is 22.2 Å². The summed E-state index contributed by atoms with van der Waals surface area (Å²) in [6.07, 6.45) is 0. The fourth-order valence-corrected chi connectivity index (χ4v) is 3.98. The molecule has 2 heterocycles. The lowest BCUT2D eigenvalue weighted by atomic mass is 10.2. The van der Waals surface area contributed by atoms with Crippen LogP contribution < -0.4 is 10.1 Å². The number of methoxy groups -OCH3 is 1. The van der Waals surface area contributed by atoms with Crippen molar-refractivity contribution >= 4 is 49.2 Å². The highest BCUT2D eigenvalue weighted by Gasteiger charge is 2.16. The fourth-order valence-electron chi connectivity index (χ4n) is 2.67. The van der Waals surface area contributed by atoms with E-state index in [-0.39, 0.29) is 5.91 Å². The second kappa shape index (κ2) is 7.13. The van der Waals surface area contributed by atoms with Gasteiger partial charge in [-0.15, -0.1) is 0 Å². The third-order valence-electron chi connectivity index (χ3n) is 3.92. The van der Waals surface area contributed by atoms with E-state index in [2.05, 4.69) is 31.3 Å². The van der Waals surface area contributed by atoms with Gasteiger partial charge in [0.2, 0.25) is 5.13 Å². The molecule has 1 amide bonds. The molecule has 0 spiro atoms. The molecule has 0 fully saturated rings. The molecule has 0 saturated carbocycles. The van der Waals surface area contributed by atoms with Crippen molar-refractivity contribution in [2.75, 3.05) is 12.4 Å². The highest BCUT2D eigenvalue weighted by molar-refractivity contribution is 9.10. The Balaban J connectivity index is 1.70. The molecule has 6 nitrogen and oxygen atoms in total. The maximum absolute atomic E-state index is 12.6. The molecule has 0 aliphatic rings. The highest BCUT2D eigenvalue weighted by Crippen LogP contribution is 2.29. The summed E-state index contributed by atoms with van der Waals surface area (Å²) in [6.45, 7) is 1.88. The van der Waals surface area contributed by atoms with Gasteiger partial charge in [-0.25, -0.2) is 4.98 Å². The molecule has 0 unspecified atom stereocenters. The molecule has 0 aliphatic heterocycles. The van der Waals surface area contributed by atoms with Crippen LogP contribution in [0, 0.1) is 6.92 Å². The van der Waals surface area contributed by atoms with Crippen LogP contribution in [0.1, 0.15) is 16.1 Å². The number of hydrogen-bond donors (Lipinski definition) is 1. The predicted octanol–water partition coefficient (Wildman–Crippen LogP) is 4.81. The van der Waals surface area contributed by atoms with Gasteiger partial charge < -0.3 is 10.1 Å². The molecular weight excluding hydrogens is 428 g/mol. The van der Waals surface area contributed by atoms with Gasteiger partial charge in [0.1, 0.15) is 11.6 Å². The molecule has 4 rings (SSSR count). The topological polar surface area (TPSA) is 69.0 Å². The van der Waals surface area contributed by atoms with Crippen molar-refractivity contribution < 1.29 is 9.53 Å². The first-order valence-corrected chi connectivity index (χ1v) is 9.73. The minimum absolute atomic E-state index is 0.208. The van der Waals surface area contributed by atoms with Crippen LogP contribution in [0.15, 0.2) is 53.0 Å². The molecule has 4 aromatic rings. The van der Waals surface area contributed by atoms with Gasteiger partial charge in [-0.2, -0.15) is 9.78 Å². The minimum Gasteiger partial charge on any atom is -0.497 e. The summed E-state index contributed by atoms with van der Waals surface area (Å²) in [5.74, 6) is 1.11. The molecule has 8 heteroatoms. The summed E-state index contributed by atoms with van der Waals surface area (Å²) in [5, 5.41) is 8.09. The van der Waals surface area contributed by atoms with Gasteiger partial charge in [-0.3, -0.25) is 4.79 Å². The number of carbonyl (C=O) groups excluding carboxylic acids is 1. The zero-order valence-corrected chi connectivity index (χ0v) is 17.0. The molecule has 0 bridgehead atoms. The lowest BCUT2D eigenvalue weighted by molar-refractivity contribution is 0.102. The van der Waals surface area contributed by atoms with E-state index in [1.54, 1.807) is 23.9 Å². The van der Waals surface area contributed by atoms with E-state index in [1.165, 1.54) is 11.3 Å². The Morgan fingerprint density at radius 1 is 1.22 bits per heavy atom. The Bertz CT molecular complexity index is 1150. The van der Waals surface area contributed by atoms with Crippen molar-refractivity contribution in [3.63, 3.8) is 0 Å². The van der Waals surface area contributed by atoms with Crippen LogP contribution in [-0.2, 0) is 0 Å². The number of thiazole rings is 1. The van der Waals surface area contributed by atoms with Gasteiger partial charge in [-0.1, -0.05) is 33.3 Å². The number of ether oxygens (including phenoxy) is 1. The lowest BCUT2D eigenvalue weighted by Crippen LogP contribution is -2.15. The Morgan fingerprint density at radius 3 is 2.85 bits per heavy atom. The average molecular weight is 443 g/mol. The number of amides is 1. The molecule has 136 valence electrons. The summed E-state index contributed by atoms with van der Waals surface area (Å²) in [6, 6.07) is 14.8. The first kappa shape index (κ1) is 17.7. The molecule has 1 N–H and O–H groups in total. The largest absolute Gasteiger partial charge is 0.497 e. The Kier molecular flexibility index (Phi) is 4.67. The third-order valence-corrected chi connectivity index (χ3v) is 5.43. The SMILES string of the molecule is COc1ccc2sc(-n3nc(C)cc3NC(=O)c3cccc(Br)c3)nc2c1. The number of aryl methyl sites for hydroxylation is 1. The van der Waals surface area contributed by atoms with Crippen molar-refractivity contribution in [1.82, 2.24) is 14.8 Å². The van der Waals surface area contributed by atoms with Crippen LogP contribution in [0.2, 0.25) is 0 Å². The van der Waals surface area contributed by atoms with Crippen molar-refractivity contribution in [2.45, 2.75) is 6.92 Å². The number of rotatable bonds is 4. The maximum atomic E-state index is 12.6. The second-order valence-electron chi connectivity index (χ2n) is 5.88. The number of halogens is 1. The van der Waals surface area contributed by atoms with E-state index in [9.17, 15) is 4.79 Å². The molecular formula is C19H15BrN4O2S. The van der Waals surface area contributed by atoms with Gasteiger partial charge >= 0.3 is 0 Å². The number of aromatic nitrogens is 3. The Hall–Kier alpha value is -2.71. The number of carbonyl (C=O) groups is 1. The predicted molar refractivity (Wildman–Crippen MR) is 110 cm³/mol.